The van der Waals surface area contributed by atoms with Gasteiger partial charge in [0.25, 0.3) is 5.91 Å². The van der Waals surface area contributed by atoms with E-state index in [1.165, 1.54) is 0 Å². The highest BCUT2D eigenvalue weighted by Crippen LogP contribution is 2.39. The summed E-state index contributed by atoms with van der Waals surface area (Å²) in [5, 5.41) is 7.68. The van der Waals surface area contributed by atoms with Crippen molar-refractivity contribution in [2.75, 3.05) is 7.11 Å². The minimum atomic E-state index is -0.140. The maximum Gasteiger partial charge on any atom is 0.270 e. The molecule has 1 fully saturated rings. The lowest BCUT2D eigenvalue weighted by Crippen LogP contribution is -2.25. The Hall–Kier alpha value is -3.08. The SMILES string of the molecule is COc1ccccc1CNC(=O)c1cc(C2CC2)nn1-c1ccccc1. The van der Waals surface area contributed by atoms with Crippen molar-refractivity contribution in [3.05, 3.63) is 77.6 Å². The number of rotatable bonds is 6. The van der Waals surface area contributed by atoms with E-state index in [0.29, 0.717) is 18.2 Å². The topological polar surface area (TPSA) is 56.1 Å². The number of carbonyl (C=O) groups is 1. The second-order valence-corrected chi connectivity index (χ2v) is 6.47. The van der Waals surface area contributed by atoms with E-state index >= 15 is 0 Å². The van der Waals surface area contributed by atoms with Crippen LogP contribution < -0.4 is 10.1 Å². The normalized spacial score (nSPS) is 13.4. The number of benzene rings is 2. The van der Waals surface area contributed by atoms with Gasteiger partial charge in [-0.25, -0.2) is 4.68 Å². The molecule has 1 heterocycles. The van der Waals surface area contributed by atoms with E-state index in [9.17, 15) is 4.79 Å². The fourth-order valence-corrected chi connectivity index (χ4v) is 3.02. The standard InChI is InChI=1S/C21H21N3O2/c1-26-20-10-6-5-7-16(20)14-22-21(25)19-13-18(15-11-12-15)23-24(19)17-8-3-2-4-9-17/h2-10,13,15H,11-12,14H2,1H3,(H,22,25). The lowest BCUT2D eigenvalue weighted by Gasteiger charge is -2.10. The molecule has 1 aromatic heterocycles. The second-order valence-electron chi connectivity index (χ2n) is 6.47. The number of para-hydroxylation sites is 2. The Kier molecular flexibility index (Phi) is 4.44. The van der Waals surface area contributed by atoms with Crippen LogP contribution in [-0.2, 0) is 6.54 Å². The van der Waals surface area contributed by atoms with Crippen molar-refractivity contribution < 1.29 is 9.53 Å². The maximum absolute atomic E-state index is 12.9. The highest BCUT2D eigenvalue weighted by Gasteiger charge is 2.29. The number of carbonyl (C=O) groups excluding carboxylic acids is 1. The van der Waals surface area contributed by atoms with Crippen LogP contribution in [0, 0.1) is 0 Å². The van der Waals surface area contributed by atoms with Crippen LogP contribution in [0.15, 0.2) is 60.7 Å². The summed E-state index contributed by atoms with van der Waals surface area (Å²) in [6.07, 6.45) is 2.29. The monoisotopic (exact) mass is 347 g/mol. The van der Waals surface area contributed by atoms with Crippen molar-refractivity contribution in [2.45, 2.75) is 25.3 Å². The van der Waals surface area contributed by atoms with Gasteiger partial charge < -0.3 is 10.1 Å². The molecule has 1 N–H and O–H groups in total. The molecule has 2 aromatic carbocycles. The number of nitrogens with zero attached hydrogens (tertiary/aromatic N) is 2. The third-order valence-electron chi connectivity index (χ3n) is 4.59. The van der Waals surface area contributed by atoms with Crippen molar-refractivity contribution in [3.63, 3.8) is 0 Å². The molecule has 0 saturated heterocycles. The van der Waals surface area contributed by atoms with E-state index < -0.39 is 0 Å². The summed E-state index contributed by atoms with van der Waals surface area (Å²) in [7, 11) is 1.63. The van der Waals surface area contributed by atoms with Gasteiger partial charge in [-0.1, -0.05) is 36.4 Å². The first-order valence-corrected chi connectivity index (χ1v) is 8.81. The fraction of sp³-hybridized carbons (Fsp3) is 0.238. The molecular weight excluding hydrogens is 326 g/mol. The molecule has 0 unspecified atom stereocenters. The Bertz CT molecular complexity index is 914. The molecule has 0 spiro atoms. The first kappa shape index (κ1) is 16.4. The van der Waals surface area contributed by atoms with Gasteiger partial charge in [-0.05, 0) is 37.1 Å². The molecular formula is C21H21N3O2. The summed E-state index contributed by atoms with van der Waals surface area (Å²) in [5.41, 5.74) is 3.39. The van der Waals surface area contributed by atoms with Crippen molar-refractivity contribution in [3.8, 4) is 11.4 Å². The Morgan fingerprint density at radius 2 is 1.88 bits per heavy atom. The molecule has 3 aromatic rings. The van der Waals surface area contributed by atoms with Gasteiger partial charge in [-0.15, -0.1) is 0 Å². The van der Waals surface area contributed by atoms with Crippen LogP contribution in [-0.4, -0.2) is 22.8 Å². The number of aromatic nitrogens is 2. The van der Waals surface area contributed by atoms with E-state index in [1.54, 1.807) is 11.8 Å². The second kappa shape index (κ2) is 7.04. The van der Waals surface area contributed by atoms with Crippen molar-refractivity contribution in [1.82, 2.24) is 15.1 Å². The molecule has 26 heavy (non-hydrogen) atoms. The Morgan fingerprint density at radius 3 is 2.62 bits per heavy atom. The van der Waals surface area contributed by atoms with Gasteiger partial charge in [-0.3, -0.25) is 4.79 Å². The van der Waals surface area contributed by atoms with E-state index in [-0.39, 0.29) is 5.91 Å². The largest absolute Gasteiger partial charge is 0.496 e. The van der Waals surface area contributed by atoms with Gasteiger partial charge in [-0.2, -0.15) is 5.10 Å². The zero-order valence-electron chi connectivity index (χ0n) is 14.7. The summed E-state index contributed by atoms with van der Waals surface area (Å²) >= 11 is 0. The molecule has 0 aliphatic heterocycles. The van der Waals surface area contributed by atoms with Crippen LogP contribution in [0.5, 0.6) is 5.75 Å². The minimum absolute atomic E-state index is 0.140. The van der Waals surface area contributed by atoms with Crippen molar-refractivity contribution in [1.29, 1.82) is 0 Å². The maximum atomic E-state index is 12.9. The number of hydrogen-bond donors (Lipinski definition) is 1. The zero-order valence-corrected chi connectivity index (χ0v) is 14.7. The Labute approximate surface area is 152 Å². The van der Waals surface area contributed by atoms with Gasteiger partial charge in [0, 0.05) is 18.0 Å². The first-order chi connectivity index (χ1) is 12.8. The number of hydrogen-bond acceptors (Lipinski definition) is 3. The van der Waals surface area contributed by atoms with E-state index in [0.717, 1.165) is 35.5 Å². The molecule has 5 nitrogen and oxygen atoms in total. The molecule has 4 rings (SSSR count). The van der Waals surface area contributed by atoms with Crippen LogP contribution in [0.2, 0.25) is 0 Å². The highest BCUT2D eigenvalue weighted by atomic mass is 16.5. The van der Waals surface area contributed by atoms with Gasteiger partial charge in [0.05, 0.1) is 18.5 Å². The molecule has 5 heteroatoms. The van der Waals surface area contributed by atoms with Gasteiger partial charge in [0.2, 0.25) is 0 Å². The molecule has 1 saturated carbocycles. The smallest absolute Gasteiger partial charge is 0.270 e. The quantitative estimate of drug-likeness (QED) is 0.740. The van der Waals surface area contributed by atoms with Crippen LogP contribution in [0.4, 0.5) is 0 Å². The average Bonchev–Trinajstić information content (AvgIpc) is 3.45. The predicted octanol–water partition coefficient (Wildman–Crippen LogP) is 3.69. The lowest BCUT2D eigenvalue weighted by molar-refractivity contribution is 0.0943. The molecule has 1 aliphatic rings. The van der Waals surface area contributed by atoms with E-state index in [1.807, 2.05) is 60.7 Å². The van der Waals surface area contributed by atoms with Crippen LogP contribution in [0.3, 0.4) is 0 Å². The molecule has 1 amide bonds. The number of amides is 1. The van der Waals surface area contributed by atoms with Crippen LogP contribution in [0.25, 0.3) is 5.69 Å². The van der Waals surface area contributed by atoms with Gasteiger partial charge in [0.1, 0.15) is 11.4 Å². The molecule has 132 valence electrons. The molecule has 0 bridgehead atoms. The van der Waals surface area contributed by atoms with E-state index in [2.05, 4.69) is 10.4 Å². The fourth-order valence-electron chi connectivity index (χ4n) is 3.02. The van der Waals surface area contributed by atoms with Gasteiger partial charge >= 0.3 is 0 Å². The molecule has 1 aliphatic carbocycles. The summed E-state index contributed by atoms with van der Waals surface area (Å²) in [4.78, 5) is 12.9. The van der Waals surface area contributed by atoms with Crippen molar-refractivity contribution in [2.24, 2.45) is 0 Å². The van der Waals surface area contributed by atoms with Gasteiger partial charge in [0.15, 0.2) is 0 Å². The summed E-state index contributed by atoms with van der Waals surface area (Å²) in [5.74, 6) is 1.11. The third kappa shape index (κ3) is 3.33. The number of nitrogens with one attached hydrogen (secondary N) is 1. The third-order valence-corrected chi connectivity index (χ3v) is 4.59. The average molecular weight is 347 g/mol. The van der Waals surface area contributed by atoms with Crippen LogP contribution in [0.1, 0.15) is 40.5 Å². The predicted molar refractivity (Wildman–Crippen MR) is 99.7 cm³/mol. The Morgan fingerprint density at radius 1 is 1.15 bits per heavy atom. The molecule has 0 radical (unpaired) electrons. The van der Waals surface area contributed by atoms with Crippen molar-refractivity contribution >= 4 is 5.91 Å². The lowest BCUT2D eigenvalue weighted by atomic mass is 10.2. The van der Waals surface area contributed by atoms with E-state index in [4.69, 9.17) is 4.74 Å². The summed E-state index contributed by atoms with van der Waals surface area (Å²) in [6, 6.07) is 19.4. The highest BCUT2D eigenvalue weighted by molar-refractivity contribution is 5.93. The first-order valence-electron chi connectivity index (χ1n) is 8.81. The number of ether oxygens (including phenoxy) is 1. The molecule has 0 atom stereocenters. The summed E-state index contributed by atoms with van der Waals surface area (Å²) < 4.78 is 7.09. The van der Waals surface area contributed by atoms with Crippen LogP contribution >= 0.6 is 0 Å². The zero-order chi connectivity index (χ0) is 17.9. The summed E-state index contributed by atoms with van der Waals surface area (Å²) in [6.45, 7) is 0.404. The minimum Gasteiger partial charge on any atom is -0.496 e. The Balaban J connectivity index is 1.59. The number of methoxy groups -OCH3 is 1.